The van der Waals surface area contributed by atoms with Crippen LogP contribution in [0.4, 0.5) is 61.5 Å². The fourth-order valence-electron chi connectivity index (χ4n) is 2.82. The third-order valence-corrected chi connectivity index (χ3v) is 4.09. The number of morpholine rings is 1. The van der Waals surface area contributed by atoms with Crippen LogP contribution in [0.25, 0.3) is 0 Å². The average Bonchev–Trinajstić information content (AvgIpc) is 2.47. The largest absolute Gasteiger partial charge is 0.446 e. The van der Waals surface area contributed by atoms with Crippen LogP contribution in [-0.4, -0.2) is 73.2 Å². The summed E-state index contributed by atoms with van der Waals surface area (Å²) in [5.74, 6) is -11.3. The summed E-state index contributed by atoms with van der Waals surface area (Å²) >= 11 is 0. The first kappa shape index (κ1) is 25.9. The van der Waals surface area contributed by atoms with Crippen LogP contribution < -0.4 is 0 Å². The Hall–Kier alpha value is -1.10. The van der Waals surface area contributed by atoms with Crippen molar-refractivity contribution in [3.63, 3.8) is 0 Å². The second-order valence-corrected chi connectivity index (χ2v) is 6.04. The van der Waals surface area contributed by atoms with Gasteiger partial charge in [-0.1, -0.05) is 0 Å². The maximum Gasteiger partial charge on any atom is 0.446 e. The minimum Gasteiger partial charge on any atom is -0.349 e. The highest BCUT2D eigenvalue weighted by molar-refractivity contribution is 5.11. The summed E-state index contributed by atoms with van der Waals surface area (Å²) in [5.41, 5.74) is -6.62. The number of ether oxygens (including phenoxy) is 2. The Labute approximate surface area is 152 Å². The van der Waals surface area contributed by atoms with Crippen molar-refractivity contribution in [1.82, 2.24) is 4.90 Å². The van der Waals surface area contributed by atoms with E-state index in [4.69, 9.17) is 0 Å². The highest BCUT2D eigenvalue weighted by Crippen LogP contribution is 2.57. The van der Waals surface area contributed by atoms with Crippen molar-refractivity contribution in [1.29, 1.82) is 0 Å². The lowest BCUT2D eigenvalue weighted by Gasteiger charge is -2.53. The molecule has 3 nitrogen and oxygen atoms in total. The summed E-state index contributed by atoms with van der Waals surface area (Å²) < 4.78 is 192. The van der Waals surface area contributed by atoms with Crippen LogP contribution in [-0.2, 0) is 9.47 Å². The molecule has 0 aliphatic carbocycles. The first-order valence-electron chi connectivity index (χ1n) is 7.14. The molecule has 1 fully saturated rings. The molecule has 2 unspecified atom stereocenters. The van der Waals surface area contributed by atoms with Gasteiger partial charge in [-0.25, -0.2) is 13.7 Å². The summed E-state index contributed by atoms with van der Waals surface area (Å²) in [6.07, 6.45) is -30.1. The summed E-state index contributed by atoms with van der Waals surface area (Å²) in [5, 5.41) is 0. The molecule has 0 aromatic carbocycles. The molecular weight excluding hydrogens is 456 g/mol. The van der Waals surface area contributed by atoms with E-state index in [-0.39, 0.29) is 7.11 Å². The number of nitrogens with zero attached hydrogens (tertiary/aromatic N) is 1. The van der Waals surface area contributed by atoms with Crippen molar-refractivity contribution >= 4 is 0 Å². The molecule has 0 aromatic rings. The van der Waals surface area contributed by atoms with Crippen molar-refractivity contribution in [2.45, 2.75) is 55.0 Å². The number of methoxy groups -OCH3 is 1. The van der Waals surface area contributed by atoms with Gasteiger partial charge in [-0.15, -0.1) is 0 Å². The van der Waals surface area contributed by atoms with E-state index in [0.717, 1.165) is 0 Å². The first-order valence-corrected chi connectivity index (χ1v) is 7.14. The van der Waals surface area contributed by atoms with Gasteiger partial charge in [0.1, 0.15) is 0 Å². The topological polar surface area (TPSA) is 21.7 Å². The Balaban J connectivity index is 3.76. The Bertz CT molecular complexity index is 565. The van der Waals surface area contributed by atoms with Crippen LogP contribution in [0.5, 0.6) is 0 Å². The Kier molecular flexibility index (Phi) is 6.23. The molecule has 0 radical (unpaired) electrons. The maximum atomic E-state index is 14.5. The third-order valence-electron chi connectivity index (χ3n) is 4.09. The van der Waals surface area contributed by atoms with Crippen LogP contribution in [0, 0.1) is 0 Å². The van der Waals surface area contributed by atoms with Gasteiger partial charge in [0.25, 0.3) is 0 Å². The molecule has 1 aliphatic rings. The average molecular weight is 467 g/mol. The molecule has 0 saturated carbocycles. The molecule has 174 valence electrons. The van der Waals surface area contributed by atoms with Crippen molar-refractivity contribution in [2.75, 3.05) is 20.2 Å². The Morgan fingerprint density at radius 2 is 1.14 bits per heavy atom. The van der Waals surface area contributed by atoms with Gasteiger partial charge in [0, 0.05) is 13.7 Å². The predicted molar refractivity (Wildman–Crippen MR) is 63.8 cm³/mol. The summed E-state index contributed by atoms with van der Waals surface area (Å²) in [4.78, 5) is -1.48. The van der Waals surface area contributed by atoms with Crippen LogP contribution in [0.1, 0.15) is 6.92 Å². The number of halogens is 14. The van der Waals surface area contributed by atoms with E-state index in [0.29, 0.717) is 6.92 Å². The van der Waals surface area contributed by atoms with Crippen LogP contribution in [0.2, 0.25) is 0 Å². The van der Waals surface area contributed by atoms with Crippen molar-refractivity contribution in [3.8, 4) is 0 Å². The summed E-state index contributed by atoms with van der Waals surface area (Å²) in [6.45, 7) is -4.26. The van der Waals surface area contributed by atoms with Gasteiger partial charge < -0.3 is 9.47 Å². The Morgan fingerprint density at radius 3 is 1.41 bits per heavy atom. The number of hydrogen-bond donors (Lipinski definition) is 0. The predicted octanol–water partition coefficient (Wildman–Crippen LogP) is 4.67. The van der Waals surface area contributed by atoms with E-state index in [1.165, 1.54) is 0 Å². The van der Waals surface area contributed by atoms with E-state index in [9.17, 15) is 61.5 Å². The monoisotopic (exact) mass is 467 g/mol. The third kappa shape index (κ3) is 3.73. The van der Waals surface area contributed by atoms with Gasteiger partial charge in [0.2, 0.25) is 5.79 Å². The minimum absolute atomic E-state index is 0.0802. The van der Waals surface area contributed by atoms with E-state index in [2.05, 4.69) is 9.47 Å². The van der Waals surface area contributed by atoms with Gasteiger partial charge in [-0.05, 0) is 6.92 Å². The van der Waals surface area contributed by atoms with Crippen molar-refractivity contribution in [2.24, 2.45) is 0 Å². The smallest absolute Gasteiger partial charge is 0.349 e. The zero-order valence-corrected chi connectivity index (χ0v) is 14.0. The van der Waals surface area contributed by atoms with E-state index in [1.807, 2.05) is 0 Å². The molecule has 1 rings (SSSR count). The van der Waals surface area contributed by atoms with Crippen LogP contribution in [0.3, 0.4) is 0 Å². The number of alkyl halides is 14. The molecule has 29 heavy (non-hydrogen) atoms. The number of rotatable bonds is 3. The molecule has 1 heterocycles. The van der Waals surface area contributed by atoms with Crippen molar-refractivity contribution < 1.29 is 70.9 Å². The fraction of sp³-hybridized carbons (Fsp3) is 1.00. The zero-order valence-electron chi connectivity index (χ0n) is 14.0. The lowest BCUT2D eigenvalue weighted by atomic mass is 9.89. The zero-order chi connectivity index (χ0) is 23.5. The van der Waals surface area contributed by atoms with Gasteiger partial charge in [-0.3, -0.25) is 0 Å². The van der Waals surface area contributed by atoms with E-state index in [1.54, 1.807) is 0 Å². The molecule has 0 amide bonds. The number of hydrogen-bond acceptors (Lipinski definition) is 3. The van der Waals surface area contributed by atoms with Crippen LogP contribution in [0.15, 0.2) is 0 Å². The first-order chi connectivity index (χ1) is 12.5. The highest BCUT2D eigenvalue weighted by atomic mass is 19.4. The molecule has 1 saturated heterocycles. The Morgan fingerprint density at radius 1 is 0.759 bits per heavy atom. The molecule has 17 heteroatoms. The van der Waals surface area contributed by atoms with E-state index < -0.39 is 66.0 Å². The quantitative estimate of drug-likeness (QED) is 0.445. The molecule has 0 bridgehead atoms. The lowest BCUT2D eigenvalue weighted by molar-refractivity contribution is -0.468. The van der Waals surface area contributed by atoms with E-state index >= 15 is 0 Å². The normalized spacial score (nSPS) is 26.7. The lowest BCUT2D eigenvalue weighted by Crippen LogP contribution is -2.79. The second-order valence-electron chi connectivity index (χ2n) is 6.04. The molecule has 1 aliphatic heterocycles. The van der Waals surface area contributed by atoms with Gasteiger partial charge in [0.15, 0.2) is 0 Å². The van der Waals surface area contributed by atoms with Gasteiger partial charge >= 0.3 is 36.2 Å². The van der Waals surface area contributed by atoms with Crippen LogP contribution >= 0.6 is 0 Å². The minimum atomic E-state index is -6.99. The molecule has 0 aromatic heterocycles. The fourth-order valence-corrected chi connectivity index (χ4v) is 2.82. The summed E-state index contributed by atoms with van der Waals surface area (Å²) in [7, 11) is -0.0802. The van der Waals surface area contributed by atoms with Crippen molar-refractivity contribution in [3.05, 3.63) is 0 Å². The van der Waals surface area contributed by atoms with Gasteiger partial charge in [-0.2, -0.15) is 52.7 Å². The standard InChI is InChI=1S/C12H11F14NO2/c1-5-3-27(8(14,11(21,22)23)12(24,25)26)4-6(28-2,29-5)7(13,9(15,16)17)10(18,19)20/h5H,3-4H2,1-2H3. The molecule has 0 spiro atoms. The molecule has 0 N–H and O–H groups in total. The molecule has 2 atom stereocenters. The van der Waals surface area contributed by atoms with Gasteiger partial charge in [0.05, 0.1) is 12.6 Å². The second kappa shape index (κ2) is 6.96. The SMILES string of the molecule is COC1(C(F)(C(F)(F)F)C(F)(F)F)CN(C(F)(C(F)(F)F)C(F)(F)F)CC(C)O1. The highest BCUT2D eigenvalue weighted by Gasteiger charge is 2.86. The summed E-state index contributed by atoms with van der Waals surface area (Å²) in [6, 6.07) is 0. The maximum absolute atomic E-state index is 14.5. The molecular formula is C12H11F14NO2.